The third-order valence-electron chi connectivity index (χ3n) is 4.53. The number of hydrogen-bond acceptors (Lipinski definition) is 3. The normalized spacial score (nSPS) is 10.8. The van der Waals surface area contributed by atoms with Crippen LogP contribution in [0.15, 0.2) is 66.7 Å². The molecule has 0 aliphatic carbocycles. The predicted molar refractivity (Wildman–Crippen MR) is 103 cm³/mol. The summed E-state index contributed by atoms with van der Waals surface area (Å²) in [6, 6.07) is 24.4. The minimum Gasteiger partial charge on any atom is -0.497 e. The molecule has 3 aromatic carbocycles. The van der Waals surface area contributed by atoms with Crippen molar-refractivity contribution in [1.82, 2.24) is 4.57 Å². The molecule has 0 radical (unpaired) electrons. The van der Waals surface area contributed by atoms with Crippen LogP contribution in [0.2, 0.25) is 0 Å². The number of nitriles is 1. The van der Waals surface area contributed by atoms with Gasteiger partial charge < -0.3 is 14.0 Å². The van der Waals surface area contributed by atoms with Gasteiger partial charge in [-0.3, -0.25) is 0 Å². The maximum absolute atomic E-state index is 8.89. The molecule has 4 rings (SSSR count). The highest BCUT2D eigenvalue weighted by Gasteiger charge is 2.15. The molecule has 0 spiro atoms. The summed E-state index contributed by atoms with van der Waals surface area (Å²) in [5.41, 5.74) is 3.41. The van der Waals surface area contributed by atoms with Gasteiger partial charge in [-0.05, 0) is 35.9 Å². The number of benzene rings is 3. The van der Waals surface area contributed by atoms with E-state index in [2.05, 4.69) is 28.8 Å². The fraction of sp³-hybridized carbons (Fsp3) is 0.136. The van der Waals surface area contributed by atoms with Gasteiger partial charge in [0, 0.05) is 22.8 Å². The van der Waals surface area contributed by atoms with Crippen LogP contribution < -0.4 is 9.47 Å². The van der Waals surface area contributed by atoms with Gasteiger partial charge in [0.15, 0.2) is 6.61 Å². The molecule has 0 saturated carbocycles. The van der Waals surface area contributed by atoms with Crippen molar-refractivity contribution >= 4 is 21.8 Å². The monoisotopic (exact) mass is 342 g/mol. The molecule has 4 heteroatoms. The molecule has 0 aliphatic heterocycles. The minimum absolute atomic E-state index is 0.0223. The Morgan fingerprint density at radius 3 is 2.58 bits per heavy atom. The molecule has 4 aromatic rings. The van der Waals surface area contributed by atoms with Gasteiger partial charge in [-0.2, -0.15) is 5.26 Å². The average molecular weight is 342 g/mol. The first-order chi connectivity index (χ1) is 12.8. The van der Waals surface area contributed by atoms with Crippen molar-refractivity contribution in [3.05, 3.63) is 72.3 Å². The highest BCUT2D eigenvalue weighted by molar-refractivity contribution is 6.11. The fourth-order valence-electron chi connectivity index (χ4n) is 3.39. The smallest absolute Gasteiger partial charge is 0.174 e. The molecular formula is C22H18N2O2. The molecular weight excluding hydrogens is 324 g/mol. The zero-order valence-electron chi connectivity index (χ0n) is 14.5. The number of fused-ring (bicyclic) bond motifs is 3. The van der Waals surface area contributed by atoms with Crippen molar-refractivity contribution in [3.63, 3.8) is 0 Å². The Hall–Kier alpha value is -3.45. The summed E-state index contributed by atoms with van der Waals surface area (Å²) in [7, 11) is 1.66. The Morgan fingerprint density at radius 1 is 0.962 bits per heavy atom. The molecule has 0 unspecified atom stereocenters. The largest absolute Gasteiger partial charge is 0.497 e. The Bertz CT molecular complexity index is 1110. The molecule has 0 atom stereocenters. The van der Waals surface area contributed by atoms with Crippen molar-refractivity contribution < 1.29 is 9.47 Å². The fourth-order valence-corrected chi connectivity index (χ4v) is 3.39. The zero-order chi connectivity index (χ0) is 17.9. The lowest BCUT2D eigenvalue weighted by Crippen LogP contribution is -1.99. The Morgan fingerprint density at radius 2 is 1.81 bits per heavy atom. The van der Waals surface area contributed by atoms with Gasteiger partial charge in [-0.15, -0.1) is 0 Å². The van der Waals surface area contributed by atoms with E-state index in [1.165, 1.54) is 5.56 Å². The number of nitrogens with zero attached hydrogens (tertiary/aromatic N) is 2. The molecule has 0 saturated heterocycles. The zero-order valence-corrected chi connectivity index (χ0v) is 14.5. The van der Waals surface area contributed by atoms with Crippen LogP contribution in [0.1, 0.15) is 5.56 Å². The molecule has 26 heavy (non-hydrogen) atoms. The maximum Gasteiger partial charge on any atom is 0.174 e. The quantitative estimate of drug-likeness (QED) is 0.526. The number of rotatable bonds is 5. The van der Waals surface area contributed by atoms with Crippen molar-refractivity contribution in [2.45, 2.75) is 6.54 Å². The van der Waals surface area contributed by atoms with Crippen LogP contribution in [0.5, 0.6) is 11.5 Å². The van der Waals surface area contributed by atoms with E-state index in [9.17, 15) is 0 Å². The highest BCUT2D eigenvalue weighted by atomic mass is 16.5. The van der Waals surface area contributed by atoms with Gasteiger partial charge in [-0.25, -0.2) is 0 Å². The highest BCUT2D eigenvalue weighted by Crippen LogP contribution is 2.37. The van der Waals surface area contributed by atoms with Crippen LogP contribution in [0.4, 0.5) is 0 Å². The van der Waals surface area contributed by atoms with E-state index in [0.29, 0.717) is 5.75 Å². The molecule has 0 aliphatic rings. The van der Waals surface area contributed by atoms with E-state index in [4.69, 9.17) is 14.7 Å². The molecule has 1 aromatic heterocycles. The first-order valence-corrected chi connectivity index (χ1v) is 8.44. The summed E-state index contributed by atoms with van der Waals surface area (Å²) in [6.07, 6.45) is 0. The number of aromatic nitrogens is 1. The number of methoxy groups -OCH3 is 1. The maximum atomic E-state index is 8.89. The lowest BCUT2D eigenvalue weighted by molar-refractivity contribution is 0.373. The molecule has 0 amide bonds. The van der Waals surface area contributed by atoms with Gasteiger partial charge in [0.1, 0.15) is 17.6 Å². The van der Waals surface area contributed by atoms with Crippen LogP contribution in [0.25, 0.3) is 21.8 Å². The lowest BCUT2D eigenvalue weighted by atomic mass is 10.1. The van der Waals surface area contributed by atoms with Crippen LogP contribution >= 0.6 is 0 Å². The van der Waals surface area contributed by atoms with Gasteiger partial charge >= 0.3 is 0 Å². The third kappa shape index (κ3) is 2.74. The summed E-state index contributed by atoms with van der Waals surface area (Å²) in [6.45, 7) is 0.781. The van der Waals surface area contributed by atoms with Crippen LogP contribution in [0, 0.1) is 11.3 Å². The summed E-state index contributed by atoms with van der Waals surface area (Å²) < 4.78 is 13.4. The topological polar surface area (TPSA) is 47.2 Å². The van der Waals surface area contributed by atoms with E-state index in [0.717, 1.165) is 34.1 Å². The second-order valence-corrected chi connectivity index (χ2v) is 6.05. The SMILES string of the molecule is COc1ccc2c(c1)c1c(OCC#N)cccc1n2Cc1ccccc1. The standard InChI is InChI=1S/C22H18N2O2/c1-25-17-10-11-19-18(14-17)22-20(8-5-9-21(22)26-13-12-23)24(19)15-16-6-3-2-4-7-16/h2-11,14H,13,15H2,1H3. The summed E-state index contributed by atoms with van der Waals surface area (Å²) in [5.74, 6) is 1.51. The Balaban J connectivity index is 1.99. The first kappa shape index (κ1) is 16.0. The van der Waals surface area contributed by atoms with E-state index in [1.807, 2.05) is 48.5 Å². The molecule has 0 fully saturated rings. The van der Waals surface area contributed by atoms with Crippen molar-refractivity contribution in [2.24, 2.45) is 0 Å². The van der Waals surface area contributed by atoms with E-state index >= 15 is 0 Å². The average Bonchev–Trinajstić information content (AvgIpc) is 3.01. The molecule has 0 bridgehead atoms. The first-order valence-electron chi connectivity index (χ1n) is 8.44. The Labute approximate surface area is 151 Å². The minimum atomic E-state index is 0.0223. The van der Waals surface area contributed by atoms with Gasteiger partial charge in [0.05, 0.1) is 12.6 Å². The number of ether oxygens (including phenoxy) is 2. The van der Waals surface area contributed by atoms with Crippen LogP contribution in [-0.2, 0) is 6.54 Å². The Kier molecular flexibility index (Phi) is 4.20. The molecule has 128 valence electrons. The van der Waals surface area contributed by atoms with Crippen molar-refractivity contribution in [1.29, 1.82) is 5.26 Å². The second-order valence-electron chi connectivity index (χ2n) is 6.05. The van der Waals surface area contributed by atoms with E-state index < -0.39 is 0 Å². The lowest BCUT2D eigenvalue weighted by Gasteiger charge is -2.08. The van der Waals surface area contributed by atoms with E-state index in [1.54, 1.807) is 7.11 Å². The summed E-state index contributed by atoms with van der Waals surface area (Å²) in [4.78, 5) is 0. The van der Waals surface area contributed by atoms with Crippen LogP contribution in [0.3, 0.4) is 0 Å². The molecule has 0 N–H and O–H groups in total. The van der Waals surface area contributed by atoms with Crippen LogP contribution in [-0.4, -0.2) is 18.3 Å². The van der Waals surface area contributed by atoms with Gasteiger partial charge in [0.25, 0.3) is 0 Å². The van der Waals surface area contributed by atoms with Crippen molar-refractivity contribution in [2.75, 3.05) is 13.7 Å². The third-order valence-corrected chi connectivity index (χ3v) is 4.53. The van der Waals surface area contributed by atoms with E-state index in [-0.39, 0.29) is 6.61 Å². The summed E-state index contributed by atoms with van der Waals surface area (Å²) >= 11 is 0. The number of hydrogen-bond donors (Lipinski definition) is 0. The summed E-state index contributed by atoms with van der Waals surface area (Å²) in [5, 5.41) is 11.0. The molecule has 1 heterocycles. The second kappa shape index (κ2) is 6.81. The van der Waals surface area contributed by atoms with Gasteiger partial charge in [-0.1, -0.05) is 36.4 Å². The van der Waals surface area contributed by atoms with Crippen molar-refractivity contribution in [3.8, 4) is 17.6 Å². The van der Waals surface area contributed by atoms with Gasteiger partial charge in [0.2, 0.25) is 0 Å². The predicted octanol–water partition coefficient (Wildman–Crippen LogP) is 4.75. The molecule has 4 nitrogen and oxygen atoms in total.